The van der Waals surface area contributed by atoms with Crippen LogP contribution in [0.3, 0.4) is 0 Å². The first-order valence-electron chi connectivity index (χ1n) is 4.85. The summed E-state index contributed by atoms with van der Waals surface area (Å²) < 4.78 is 0. The lowest BCUT2D eigenvalue weighted by atomic mass is 9.94. The number of hydrogen-bond donors (Lipinski definition) is 2. The lowest BCUT2D eigenvalue weighted by molar-refractivity contribution is 0.420. The van der Waals surface area contributed by atoms with Gasteiger partial charge < -0.3 is 11.1 Å². The van der Waals surface area contributed by atoms with E-state index < -0.39 is 0 Å². The predicted molar refractivity (Wildman–Crippen MR) is 57.1 cm³/mol. The minimum Gasteiger partial charge on any atom is -0.370 e. The van der Waals surface area contributed by atoms with E-state index in [0.29, 0.717) is 12.0 Å². The maximum atomic E-state index is 5.73. The van der Waals surface area contributed by atoms with Gasteiger partial charge >= 0.3 is 0 Å². The molecule has 4 nitrogen and oxygen atoms in total. The molecule has 0 bridgehead atoms. The van der Waals surface area contributed by atoms with Crippen molar-refractivity contribution >= 4 is 11.6 Å². The monoisotopic (exact) mass is 190 g/mol. The van der Waals surface area contributed by atoms with Gasteiger partial charge in [-0.05, 0) is 31.4 Å². The lowest BCUT2D eigenvalue weighted by Gasteiger charge is -2.21. The van der Waals surface area contributed by atoms with Crippen molar-refractivity contribution in [2.45, 2.75) is 25.3 Å². The first kappa shape index (κ1) is 8.99. The minimum atomic E-state index is 0.430. The second-order valence-electron chi connectivity index (χ2n) is 3.47. The van der Waals surface area contributed by atoms with Gasteiger partial charge in [-0.2, -0.15) is 0 Å². The Hall–Kier alpha value is -1.58. The van der Waals surface area contributed by atoms with Crippen molar-refractivity contribution in [3.63, 3.8) is 0 Å². The summed E-state index contributed by atoms with van der Waals surface area (Å²) in [6, 6.07) is 4.20. The van der Waals surface area contributed by atoms with Crippen LogP contribution >= 0.6 is 0 Å². The number of hydrogen-bond acceptors (Lipinski definition) is 2. The third kappa shape index (κ3) is 2.22. The largest absolute Gasteiger partial charge is 0.370 e. The molecule has 1 fully saturated rings. The molecule has 1 aliphatic rings. The molecule has 74 valence electrons. The standard InChI is InChI=1S/C10H14N4/c11-10(13-8-3-1-4-8)14-9-5-2-6-12-7-9/h2,5-8H,1,3-4H2,(H3,11,13,14). The fraction of sp³-hybridized carbons (Fsp3) is 0.400. The van der Waals surface area contributed by atoms with E-state index in [9.17, 15) is 0 Å². The molecule has 14 heavy (non-hydrogen) atoms. The molecule has 4 heteroatoms. The molecule has 0 aromatic carbocycles. The summed E-state index contributed by atoms with van der Waals surface area (Å²) in [6.07, 6.45) is 7.05. The van der Waals surface area contributed by atoms with Crippen LogP contribution in [0, 0.1) is 0 Å². The SMILES string of the molecule is NC(=NC1CCC1)Nc1cccnc1. The number of pyridine rings is 1. The zero-order valence-electron chi connectivity index (χ0n) is 7.98. The molecule has 1 aliphatic carbocycles. The van der Waals surface area contributed by atoms with E-state index >= 15 is 0 Å². The molecule has 0 amide bonds. The highest BCUT2D eigenvalue weighted by atomic mass is 15.1. The van der Waals surface area contributed by atoms with Gasteiger partial charge in [0.05, 0.1) is 17.9 Å². The summed E-state index contributed by atoms with van der Waals surface area (Å²) in [6.45, 7) is 0. The first-order valence-corrected chi connectivity index (χ1v) is 4.85. The van der Waals surface area contributed by atoms with Crippen LogP contribution in [0.4, 0.5) is 5.69 Å². The van der Waals surface area contributed by atoms with Crippen LogP contribution in [0.1, 0.15) is 19.3 Å². The highest BCUT2D eigenvalue weighted by Gasteiger charge is 2.16. The number of guanidine groups is 1. The number of nitrogens with one attached hydrogen (secondary N) is 1. The Kier molecular flexibility index (Phi) is 2.62. The van der Waals surface area contributed by atoms with Gasteiger partial charge in [-0.3, -0.25) is 4.98 Å². The third-order valence-corrected chi connectivity index (χ3v) is 2.33. The van der Waals surface area contributed by atoms with Crippen LogP contribution in [0.25, 0.3) is 0 Å². The Morgan fingerprint density at radius 2 is 2.43 bits per heavy atom. The summed E-state index contributed by atoms with van der Waals surface area (Å²) in [4.78, 5) is 8.31. The Bertz CT molecular complexity index is 316. The predicted octanol–water partition coefficient (Wildman–Crippen LogP) is 1.36. The normalized spacial score (nSPS) is 17.6. The van der Waals surface area contributed by atoms with Crippen LogP contribution in [0.2, 0.25) is 0 Å². The Morgan fingerprint density at radius 3 is 3.00 bits per heavy atom. The second kappa shape index (κ2) is 4.09. The maximum absolute atomic E-state index is 5.73. The van der Waals surface area contributed by atoms with E-state index in [-0.39, 0.29) is 0 Å². The van der Waals surface area contributed by atoms with Gasteiger partial charge in [0.15, 0.2) is 5.96 Å². The molecule has 1 aromatic rings. The average Bonchev–Trinajstić information content (AvgIpc) is 2.13. The van der Waals surface area contributed by atoms with E-state index in [1.165, 1.54) is 6.42 Å². The summed E-state index contributed by atoms with van der Waals surface area (Å²) in [5.41, 5.74) is 6.61. The summed E-state index contributed by atoms with van der Waals surface area (Å²) in [5, 5.41) is 3.01. The van der Waals surface area contributed by atoms with E-state index in [4.69, 9.17) is 5.73 Å². The second-order valence-corrected chi connectivity index (χ2v) is 3.47. The van der Waals surface area contributed by atoms with Crippen molar-refractivity contribution in [2.75, 3.05) is 5.32 Å². The van der Waals surface area contributed by atoms with Crippen molar-refractivity contribution in [1.29, 1.82) is 0 Å². The van der Waals surface area contributed by atoms with Gasteiger partial charge in [0, 0.05) is 6.20 Å². The molecule has 0 atom stereocenters. The van der Waals surface area contributed by atoms with Crippen LogP contribution in [0.15, 0.2) is 29.5 Å². The summed E-state index contributed by atoms with van der Waals surface area (Å²) >= 11 is 0. The Balaban J connectivity index is 1.93. The van der Waals surface area contributed by atoms with Crippen molar-refractivity contribution in [1.82, 2.24) is 4.98 Å². The minimum absolute atomic E-state index is 0.430. The van der Waals surface area contributed by atoms with Gasteiger partial charge in [0.1, 0.15) is 0 Å². The first-order chi connectivity index (χ1) is 6.84. The van der Waals surface area contributed by atoms with Crippen molar-refractivity contribution in [2.24, 2.45) is 10.7 Å². The smallest absolute Gasteiger partial charge is 0.193 e. The molecule has 2 rings (SSSR count). The number of nitrogens with two attached hydrogens (primary N) is 1. The Labute approximate surface area is 83.3 Å². The van der Waals surface area contributed by atoms with Crippen LogP contribution in [-0.2, 0) is 0 Å². The van der Waals surface area contributed by atoms with Crippen LogP contribution in [0.5, 0.6) is 0 Å². The molecular formula is C10H14N4. The average molecular weight is 190 g/mol. The molecule has 0 radical (unpaired) electrons. The van der Waals surface area contributed by atoms with E-state index in [2.05, 4.69) is 15.3 Å². The van der Waals surface area contributed by atoms with Gasteiger partial charge in [-0.1, -0.05) is 0 Å². The van der Waals surface area contributed by atoms with E-state index in [0.717, 1.165) is 18.5 Å². The molecule has 0 saturated heterocycles. The van der Waals surface area contributed by atoms with Gasteiger partial charge in [-0.25, -0.2) is 4.99 Å². The molecule has 0 spiro atoms. The highest BCUT2D eigenvalue weighted by molar-refractivity contribution is 5.92. The van der Waals surface area contributed by atoms with Crippen LogP contribution in [-0.4, -0.2) is 17.0 Å². The summed E-state index contributed by atoms with van der Waals surface area (Å²) in [7, 11) is 0. The van der Waals surface area contributed by atoms with Gasteiger partial charge in [0.25, 0.3) is 0 Å². The number of aliphatic imine (C=N–C) groups is 1. The molecular weight excluding hydrogens is 176 g/mol. The third-order valence-electron chi connectivity index (χ3n) is 2.33. The molecule has 0 aliphatic heterocycles. The quantitative estimate of drug-likeness (QED) is 0.546. The molecule has 0 unspecified atom stereocenters. The zero-order valence-corrected chi connectivity index (χ0v) is 7.98. The fourth-order valence-electron chi connectivity index (χ4n) is 1.33. The van der Waals surface area contributed by atoms with E-state index in [1.54, 1.807) is 12.4 Å². The molecule has 1 saturated carbocycles. The fourth-order valence-corrected chi connectivity index (χ4v) is 1.33. The highest BCUT2D eigenvalue weighted by Crippen LogP contribution is 2.21. The molecule has 1 aromatic heterocycles. The van der Waals surface area contributed by atoms with Crippen molar-refractivity contribution in [3.05, 3.63) is 24.5 Å². The van der Waals surface area contributed by atoms with Gasteiger partial charge in [-0.15, -0.1) is 0 Å². The maximum Gasteiger partial charge on any atom is 0.193 e. The number of aromatic nitrogens is 1. The van der Waals surface area contributed by atoms with Gasteiger partial charge in [0.2, 0.25) is 0 Å². The van der Waals surface area contributed by atoms with Crippen molar-refractivity contribution in [3.8, 4) is 0 Å². The molecule has 3 N–H and O–H groups in total. The summed E-state index contributed by atoms with van der Waals surface area (Å²) in [5.74, 6) is 0.489. The zero-order chi connectivity index (χ0) is 9.80. The van der Waals surface area contributed by atoms with E-state index in [1.807, 2.05) is 12.1 Å². The van der Waals surface area contributed by atoms with Crippen LogP contribution < -0.4 is 11.1 Å². The van der Waals surface area contributed by atoms with Crippen molar-refractivity contribution < 1.29 is 0 Å². The lowest BCUT2D eigenvalue weighted by Crippen LogP contribution is -2.27. The topological polar surface area (TPSA) is 63.3 Å². The molecule has 1 heterocycles. The number of nitrogens with zero attached hydrogens (tertiary/aromatic N) is 2. The number of rotatable bonds is 2. The number of anilines is 1. The Morgan fingerprint density at radius 1 is 1.57 bits per heavy atom.